The lowest BCUT2D eigenvalue weighted by atomic mass is 10.1. The second-order valence-corrected chi connectivity index (χ2v) is 9.20. The molecule has 0 N–H and O–H groups in total. The van der Waals surface area contributed by atoms with Gasteiger partial charge in [0.2, 0.25) is 5.91 Å². The number of carbonyl (C=O) groups excluding carboxylic acids is 1. The van der Waals surface area contributed by atoms with Crippen LogP contribution in [0.5, 0.6) is 0 Å². The summed E-state index contributed by atoms with van der Waals surface area (Å²) in [6.45, 7) is 9.60. The van der Waals surface area contributed by atoms with Crippen molar-refractivity contribution in [3.8, 4) is 11.9 Å². The molecule has 1 saturated heterocycles. The number of aromatic nitrogens is 6. The lowest BCUT2D eigenvalue weighted by Gasteiger charge is -2.35. The van der Waals surface area contributed by atoms with Crippen LogP contribution in [0.3, 0.4) is 0 Å². The number of hydrogen-bond acceptors (Lipinski definition) is 7. The molecule has 5 rings (SSSR count). The Balaban J connectivity index is 1.20. The van der Waals surface area contributed by atoms with E-state index in [1.165, 1.54) is 0 Å². The topological polar surface area (TPSA) is 108 Å². The third-order valence-electron chi connectivity index (χ3n) is 6.91. The molecule has 184 valence electrons. The molecule has 10 heteroatoms. The number of carbonyl (C=O) groups is 1. The quantitative estimate of drug-likeness (QED) is 0.414. The monoisotopic (exact) mass is 483 g/mol. The number of rotatable bonds is 6. The second-order valence-electron chi connectivity index (χ2n) is 9.20. The molecule has 1 aliphatic rings. The van der Waals surface area contributed by atoms with Crippen molar-refractivity contribution in [1.82, 2.24) is 39.4 Å². The predicted octanol–water partition coefficient (Wildman–Crippen LogP) is 2.38. The van der Waals surface area contributed by atoms with Gasteiger partial charge in [-0.1, -0.05) is 18.2 Å². The van der Waals surface area contributed by atoms with Crippen LogP contribution >= 0.6 is 0 Å². The predicted molar refractivity (Wildman–Crippen MR) is 133 cm³/mol. The fourth-order valence-electron chi connectivity index (χ4n) is 4.81. The number of nitrogens with zero attached hydrogens (tertiary/aromatic N) is 9. The van der Waals surface area contributed by atoms with E-state index in [2.05, 4.69) is 26.3 Å². The molecule has 4 heterocycles. The Morgan fingerprint density at radius 1 is 1.00 bits per heavy atom. The van der Waals surface area contributed by atoms with E-state index in [1.807, 2.05) is 66.8 Å². The average molecular weight is 484 g/mol. The zero-order chi connectivity index (χ0) is 25.2. The third kappa shape index (κ3) is 4.57. The normalized spacial score (nSPS) is 14.3. The van der Waals surface area contributed by atoms with Crippen molar-refractivity contribution in [3.05, 3.63) is 70.3 Å². The Hall–Kier alpha value is -4.10. The van der Waals surface area contributed by atoms with Gasteiger partial charge in [0.05, 0.1) is 17.3 Å². The van der Waals surface area contributed by atoms with Crippen molar-refractivity contribution in [1.29, 1.82) is 5.26 Å². The molecule has 1 amide bonds. The Bertz CT molecular complexity index is 1450. The summed E-state index contributed by atoms with van der Waals surface area (Å²) in [6, 6.07) is 13.7. The van der Waals surface area contributed by atoms with E-state index >= 15 is 0 Å². The fourth-order valence-corrected chi connectivity index (χ4v) is 4.81. The average Bonchev–Trinajstić information content (AvgIpc) is 3.41. The van der Waals surface area contributed by atoms with Crippen LogP contribution in [0.15, 0.2) is 36.4 Å². The third-order valence-corrected chi connectivity index (χ3v) is 6.91. The van der Waals surface area contributed by atoms with Gasteiger partial charge in [-0.05, 0) is 56.5 Å². The first-order valence-electron chi connectivity index (χ1n) is 12.2. The minimum atomic E-state index is 0.165. The minimum absolute atomic E-state index is 0.165. The molecule has 36 heavy (non-hydrogen) atoms. The van der Waals surface area contributed by atoms with E-state index in [4.69, 9.17) is 5.10 Å². The molecule has 4 aromatic rings. The van der Waals surface area contributed by atoms with Gasteiger partial charge >= 0.3 is 0 Å². The summed E-state index contributed by atoms with van der Waals surface area (Å²) in [5.74, 6) is 1.57. The number of hydrogen-bond donors (Lipinski definition) is 0. The van der Waals surface area contributed by atoms with Gasteiger partial charge in [-0.3, -0.25) is 9.69 Å². The van der Waals surface area contributed by atoms with Crippen molar-refractivity contribution >= 4 is 11.6 Å². The zero-order valence-electron chi connectivity index (χ0n) is 20.8. The fraction of sp³-hybridized carbons (Fsp3) is 0.385. The van der Waals surface area contributed by atoms with E-state index < -0.39 is 0 Å². The lowest BCUT2D eigenvalue weighted by Crippen LogP contribution is -2.48. The van der Waals surface area contributed by atoms with Gasteiger partial charge < -0.3 is 4.90 Å². The highest BCUT2D eigenvalue weighted by atomic mass is 16.2. The van der Waals surface area contributed by atoms with Crippen molar-refractivity contribution in [2.75, 3.05) is 26.2 Å². The summed E-state index contributed by atoms with van der Waals surface area (Å²) < 4.78 is 3.53. The number of benzene rings is 1. The van der Waals surface area contributed by atoms with E-state index in [0.29, 0.717) is 48.8 Å². The van der Waals surface area contributed by atoms with Gasteiger partial charge in [0, 0.05) is 44.8 Å². The summed E-state index contributed by atoms with van der Waals surface area (Å²) in [7, 11) is 0. The van der Waals surface area contributed by atoms with Crippen LogP contribution in [0.2, 0.25) is 0 Å². The molecular formula is C26H29N9O. The van der Waals surface area contributed by atoms with Crippen LogP contribution < -0.4 is 0 Å². The highest BCUT2D eigenvalue weighted by Gasteiger charge is 2.23. The van der Waals surface area contributed by atoms with Crippen LogP contribution in [0.1, 0.15) is 40.3 Å². The maximum atomic E-state index is 13.0. The summed E-state index contributed by atoms with van der Waals surface area (Å²) in [4.78, 5) is 17.3. The van der Waals surface area contributed by atoms with Gasteiger partial charge in [0.25, 0.3) is 0 Å². The smallest absolute Gasteiger partial charge is 0.222 e. The highest BCUT2D eigenvalue weighted by Crippen LogP contribution is 2.20. The van der Waals surface area contributed by atoms with Crippen molar-refractivity contribution in [2.45, 2.75) is 40.2 Å². The number of amides is 1. The van der Waals surface area contributed by atoms with Crippen molar-refractivity contribution < 1.29 is 4.79 Å². The molecular weight excluding hydrogens is 454 g/mol. The zero-order valence-corrected chi connectivity index (χ0v) is 20.8. The van der Waals surface area contributed by atoms with Gasteiger partial charge in [0.1, 0.15) is 0 Å². The SMILES string of the molecule is Cc1nn(-c2ccc3nnc(C)n3n2)c(C)c1CCC(=O)N1CCN(Cc2ccccc2C#N)CC1. The van der Waals surface area contributed by atoms with E-state index in [9.17, 15) is 10.1 Å². The molecule has 0 radical (unpaired) electrons. The summed E-state index contributed by atoms with van der Waals surface area (Å²) >= 11 is 0. The maximum absolute atomic E-state index is 13.0. The van der Waals surface area contributed by atoms with Gasteiger partial charge in [-0.15, -0.1) is 15.3 Å². The Morgan fingerprint density at radius 3 is 2.56 bits per heavy atom. The minimum Gasteiger partial charge on any atom is -0.340 e. The van der Waals surface area contributed by atoms with Crippen LogP contribution in [0.4, 0.5) is 0 Å². The number of aryl methyl sites for hydroxylation is 2. The van der Waals surface area contributed by atoms with E-state index in [-0.39, 0.29) is 5.91 Å². The van der Waals surface area contributed by atoms with Crippen molar-refractivity contribution in [2.24, 2.45) is 0 Å². The van der Waals surface area contributed by atoms with Gasteiger partial charge in [0.15, 0.2) is 17.3 Å². The summed E-state index contributed by atoms with van der Waals surface area (Å²) in [6.07, 6.45) is 1.09. The van der Waals surface area contributed by atoms with Crippen LogP contribution in [0.25, 0.3) is 11.5 Å². The van der Waals surface area contributed by atoms with Crippen LogP contribution in [-0.4, -0.2) is 71.5 Å². The van der Waals surface area contributed by atoms with E-state index in [1.54, 1.807) is 4.52 Å². The number of fused-ring (bicyclic) bond motifs is 1. The Labute approximate surface area is 209 Å². The van der Waals surface area contributed by atoms with Gasteiger partial charge in [-0.25, -0.2) is 4.68 Å². The molecule has 10 nitrogen and oxygen atoms in total. The molecule has 0 saturated carbocycles. The molecule has 0 bridgehead atoms. The highest BCUT2D eigenvalue weighted by molar-refractivity contribution is 5.76. The maximum Gasteiger partial charge on any atom is 0.222 e. The summed E-state index contributed by atoms with van der Waals surface area (Å²) in [5, 5.41) is 26.8. The lowest BCUT2D eigenvalue weighted by molar-refractivity contribution is -0.133. The Kier molecular flexibility index (Phi) is 6.48. The van der Waals surface area contributed by atoms with Gasteiger partial charge in [-0.2, -0.15) is 14.9 Å². The van der Waals surface area contributed by atoms with Crippen molar-refractivity contribution in [3.63, 3.8) is 0 Å². The first-order valence-corrected chi connectivity index (χ1v) is 12.2. The molecule has 1 fully saturated rings. The van der Waals surface area contributed by atoms with E-state index in [0.717, 1.165) is 42.1 Å². The molecule has 0 atom stereocenters. The standard InChI is InChI=1S/C26H29N9O/c1-18-23(19(2)34(30-18)25-10-9-24-29-28-20(3)35(24)31-25)8-11-26(36)33-14-12-32(13-15-33)17-22-7-5-4-6-21(22)16-27/h4-7,9-10H,8,11-15,17H2,1-3H3. The van der Waals surface area contributed by atoms with Crippen LogP contribution in [0, 0.1) is 32.1 Å². The Morgan fingerprint density at radius 2 is 1.78 bits per heavy atom. The molecule has 1 aliphatic heterocycles. The first-order chi connectivity index (χ1) is 17.4. The molecule has 0 spiro atoms. The number of piperazine rings is 1. The summed E-state index contributed by atoms with van der Waals surface area (Å²) in [5.41, 5.74) is 5.42. The molecule has 0 unspecified atom stereocenters. The molecule has 1 aromatic carbocycles. The molecule has 3 aromatic heterocycles. The van der Waals surface area contributed by atoms with Crippen LogP contribution in [-0.2, 0) is 17.8 Å². The first kappa shape index (κ1) is 23.6. The largest absolute Gasteiger partial charge is 0.340 e. The second kappa shape index (κ2) is 9.87. The number of nitriles is 1. The molecule has 0 aliphatic carbocycles.